The minimum Gasteiger partial charge on any atom is -0.338 e. The quantitative estimate of drug-likeness (QED) is 0.715. The van der Waals surface area contributed by atoms with E-state index in [4.69, 9.17) is 5.73 Å². The van der Waals surface area contributed by atoms with Crippen LogP contribution < -0.4 is 5.73 Å². The average Bonchev–Trinajstić information content (AvgIpc) is 2.34. The van der Waals surface area contributed by atoms with Crippen molar-refractivity contribution in [3.05, 3.63) is 0 Å². The zero-order chi connectivity index (χ0) is 12.2. The van der Waals surface area contributed by atoms with E-state index in [1.54, 1.807) is 0 Å². The van der Waals surface area contributed by atoms with Crippen LogP contribution in [0.5, 0.6) is 0 Å². The third kappa shape index (κ3) is 8.71. The Balaban J connectivity index is 2.19. The number of nitrogens with two attached hydrogens (primary N) is 1. The van der Waals surface area contributed by atoms with Crippen LogP contribution in [0.25, 0.3) is 0 Å². The fourth-order valence-corrected chi connectivity index (χ4v) is 3.13. The molecule has 1 nitrogen and oxygen atoms in total. The lowest BCUT2D eigenvalue weighted by Crippen LogP contribution is -2.15. The summed E-state index contributed by atoms with van der Waals surface area (Å²) in [6, 6.07) is 0. The van der Waals surface area contributed by atoms with E-state index in [1.807, 2.05) is 0 Å². The van der Waals surface area contributed by atoms with E-state index in [0.29, 0.717) is 0 Å². The van der Waals surface area contributed by atoms with Crippen molar-refractivity contribution in [2.24, 2.45) is 5.73 Å². The average molecular weight is 237 g/mol. The largest absolute Gasteiger partial charge is 0.338 e. The van der Waals surface area contributed by atoms with Crippen LogP contribution in [0, 0.1) is 0 Å². The molecule has 0 radical (unpaired) electrons. The van der Waals surface area contributed by atoms with Crippen LogP contribution >= 0.6 is 0 Å². The summed E-state index contributed by atoms with van der Waals surface area (Å²) in [5.74, 6) is 0.933. The summed E-state index contributed by atoms with van der Waals surface area (Å²) in [5.41, 5.74) is 5.72. The van der Waals surface area contributed by atoms with Crippen LogP contribution in [0.3, 0.4) is 0 Å². The molecule has 1 rings (SSSR count). The first kappa shape index (κ1) is 15.1. The molecule has 0 aliphatic heterocycles. The molecule has 2 N–H and O–H groups in total. The molecular weight excluding hydrogens is 205 g/mol. The van der Waals surface area contributed by atoms with Gasteiger partial charge < -0.3 is 5.73 Å². The van der Waals surface area contributed by atoms with Gasteiger partial charge >= 0.3 is 0 Å². The minimum atomic E-state index is 0.894. The molecule has 100 valence electrons. The Kier molecular flexibility index (Phi) is 9.88. The highest BCUT2D eigenvalue weighted by atomic mass is 14.5. The highest BCUT2D eigenvalue weighted by Gasteiger charge is 2.09. The smallest absolute Gasteiger partial charge is 0.140 e. The van der Waals surface area contributed by atoms with Crippen LogP contribution in [-0.4, -0.2) is 13.7 Å². The molecule has 0 bridgehead atoms. The van der Waals surface area contributed by atoms with Gasteiger partial charge in [0.1, 0.15) is 7.28 Å². The summed E-state index contributed by atoms with van der Waals surface area (Å²) in [7, 11) is 1.26. The summed E-state index contributed by atoms with van der Waals surface area (Å²) >= 11 is 0. The molecule has 0 aromatic carbocycles. The van der Waals surface area contributed by atoms with Crippen molar-refractivity contribution < 1.29 is 0 Å². The predicted molar refractivity (Wildman–Crippen MR) is 80.0 cm³/mol. The molecule has 2 heteroatoms. The molecule has 1 aliphatic rings. The maximum Gasteiger partial charge on any atom is 0.140 e. The van der Waals surface area contributed by atoms with Gasteiger partial charge in [-0.05, 0) is 6.44 Å². The van der Waals surface area contributed by atoms with Crippen molar-refractivity contribution >= 4 is 7.28 Å². The van der Waals surface area contributed by atoms with Crippen molar-refractivity contribution in [2.45, 2.75) is 89.3 Å². The molecule has 1 aliphatic carbocycles. The molecule has 0 unspecified atom stereocenters. The minimum absolute atomic E-state index is 0.894. The highest BCUT2D eigenvalue weighted by Crippen LogP contribution is 2.23. The maximum absolute atomic E-state index is 5.72. The molecule has 17 heavy (non-hydrogen) atoms. The van der Waals surface area contributed by atoms with E-state index in [9.17, 15) is 0 Å². The van der Waals surface area contributed by atoms with Gasteiger partial charge in [-0.25, -0.2) is 0 Å². The van der Waals surface area contributed by atoms with E-state index in [0.717, 1.165) is 12.3 Å². The van der Waals surface area contributed by atoms with Crippen LogP contribution in [0.4, 0.5) is 0 Å². The molecule has 1 fully saturated rings. The van der Waals surface area contributed by atoms with E-state index in [1.165, 1.54) is 90.8 Å². The second kappa shape index (κ2) is 11.1. The molecule has 1 saturated carbocycles. The SMILES string of the molecule is NCBC1CCCCCCCCCCCCC1. The van der Waals surface area contributed by atoms with E-state index >= 15 is 0 Å². The van der Waals surface area contributed by atoms with E-state index in [-0.39, 0.29) is 0 Å². The van der Waals surface area contributed by atoms with Gasteiger partial charge in [-0.15, -0.1) is 0 Å². The molecule has 0 saturated heterocycles. The van der Waals surface area contributed by atoms with Crippen molar-refractivity contribution in [1.29, 1.82) is 0 Å². The van der Waals surface area contributed by atoms with Gasteiger partial charge in [0, 0.05) is 0 Å². The molecule has 0 heterocycles. The van der Waals surface area contributed by atoms with Crippen LogP contribution in [0.1, 0.15) is 83.5 Å². The number of rotatable bonds is 2. The topological polar surface area (TPSA) is 26.0 Å². The summed E-state index contributed by atoms with van der Waals surface area (Å²) in [5, 5.41) is 0. The molecule has 0 atom stereocenters. The van der Waals surface area contributed by atoms with Gasteiger partial charge in [0.2, 0.25) is 0 Å². The second-order valence-electron chi connectivity index (χ2n) is 5.91. The van der Waals surface area contributed by atoms with Gasteiger partial charge in [-0.3, -0.25) is 0 Å². The molecule has 0 aromatic rings. The van der Waals surface area contributed by atoms with Gasteiger partial charge in [0.05, 0.1) is 0 Å². The zero-order valence-electron chi connectivity index (χ0n) is 11.8. The predicted octanol–water partition coefficient (Wildman–Crippen LogP) is 4.21. The first-order chi connectivity index (χ1) is 8.43. The Morgan fingerprint density at radius 2 is 1.00 bits per heavy atom. The van der Waals surface area contributed by atoms with Crippen molar-refractivity contribution in [2.75, 3.05) is 6.44 Å². The summed E-state index contributed by atoms with van der Waals surface area (Å²) in [4.78, 5) is 0. The second-order valence-corrected chi connectivity index (χ2v) is 5.91. The van der Waals surface area contributed by atoms with Crippen molar-refractivity contribution in [1.82, 2.24) is 0 Å². The molecule has 0 spiro atoms. The Morgan fingerprint density at radius 1 is 0.647 bits per heavy atom. The van der Waals surface area contributed by atoms with Gasteiger partial charge in [0.25, 0.3) is 0 Å². The fourth-order valence-electron chi connectivity index (χ4n) is 3.13. The lowest BCUT2D eigenvalue weighted by molar-refractivity contribution is 0.502. The van der Waals surface area contributed by atoms with Gasteiger partial charge in [-0.2, -0.15) is 0 Å². The Hall–Kier alpha value is 0.0249. The lowest BCUT2D eigenvalue weighted by Gasteiger charge is -2.15. The summed E-state index contributed by atoms with van der Waals surface area (Å²) in [6.45, 7) is 0. The zero-order valence-corrected chi connectivity index (χ0v) is 11.8. The van der Waals surface area contributed by atoms with Gasteiger partial charge in [-0.1, -0.05) is 89.3 Å². The van der Waals surface area contributed by atoms with Gasteiger partial charge in [0.15, 0.2) is 0 Å². The van der Waals surface area contributed by atoms with E-state index < -0.39 is 0 Å². The van der Waals surface area contributed by atoms with Crippen LogP contribution in [0.15, 0.2) is 0 Å². The number of hydrogen-bond acceptors (Lipinski definition) is 1. The Labute approximate surface area is 109 Å². The lowest BCUT2D eigenvalue weighted by atomic mass is 9.61. The first-order valence-corrected chi connectivity index (χ1v) is 8.13. The fraction of sp³-hybridized carbons (Fsp3) is 1.00. The first-order valence-electron chi connectivity index (χ1n) is 8.13. The standard InChI is InChI=1S/C15H32BN/c17-14-16-15-12-10-8-6-4-2-1-3-5-7-9-11-13-15/h15-16H,1-14,17H2. The maximum atomic E-state index is 5.72. The Morgan fingerprint density at radius 3 is 1.35 bits per heavy atom. The molecule has 0 aromatic heterocycles. The Bertz CT molecular complexity index is 147. The van der Waals surface area contributed by atoms with Crippen molar-refractivity contribution in [3.8, 4) is 0 Å². The molecular formula is C15H32BN. The summed E-state index contributed by atoms with van der Waals surface area (Å²) < 4.78 is 0. The van der Waals surface area contributed by atoms with Crippen molar-refractivity contribution in [3.63, 3.8) is 0 Å². The molecule has 0 amide bonds. The van der Waals surface area contributed by atoms with Crippen LogP contribution in [0.2, 0.25) is 5.82 Å². The highest BCUT2D eigenvalue weighted by molar-refractivity contribution is 6.37. The van der Waals surface area contributed by atoms with E-state index in [2.05, 4.69) is 0 Å². The normalized spacial score (nSPS) is 22.9. The third-order valence-corrected chi connectivity index (χ3v) is 4.30. The number of hydrogen-bond donors (Lipinski definition) is 1. The van der Waals surface area contributed by atoms with Crippen LogP contribution in [-0.2, 0) is 0 Å². The monoisotopic (exact) mass is 237 g/mol. The summed E-state index contributed by atoms with van der Waals surface area (Å²) in [6.07, 6.45) is 19.9. The third-order valence-electron chi connectivity index (χ3n) is 4.30.